The molecule has 0 bridgehead atoms. The lowest BCUT2D eigenvalue weighted by molar-refractivity contribution is 0.866. The van der Waals surface area contributed by atoms with Crippen LogP contribution < -0.4 is 5.73 Å². The fourth-order valence-corrected chi connectivity index (χ4v) is 2.44. The van der Waals surface area contributed by atoms with Gasteiger partial charge in [0.2, 0.25) is 0 Å². The zero-order chi connectivity index (χ0) is 11.8. The molecule has 6 heteroatoms. The maximum Gasteiger partial charge on any atom is 0.164 e. The van der Waals surface area contributed by atoms with Gasteiger partial charge in [-0.15, -0.1) is 11.3 Å². The Morgan fingerprint density at radius 3 is 3.06 bits per heavy atom. The highest BCUT2D eigenvalue weighted by Gasteiger charge is 2.12. The molecule has 17 heavy (non-hydrogen) atoms. The molecule has 3 aromatic heterocycles. The van der Waals surface area contributed by atoms with Crippen molar-refractivity contribution in [1.82, 2.24) is 14.8 Å². The van der Waals surface area contributed by atoms with Crippen molar-refractivity contribution in [3.63, 3.8) is 0 Å². The largest absolute Gasteiger partial charge is 0.382 e. The first-order valence-electron chi connectivity index (χ1n) is 4.87. The van der Waals surface area contributed by atoms with Crippen molar-refractivity contribution in [3.05, 3.63) is 35.5 Å². The van der Waals surface area contributed by atoms with Gasteiger partial charge in [-0.1, -0.05) is 0 Å². The van der Waals surface area contributed by atoms with E-state index < -0.39 is 0 Å². The smallest absolute Gasteiger partial charge is 0.164 e. The maximum absolute atomic E-state index is 8.85. The third kappa shape index (κ3) is 1.37. The van der Waals surface area contributed by atoms with Crippen molar-refractivity contribution in [1.29, 1.82) is 5.26 Å². The molecule has 0 radical (unpaired) electrons. The van der Waals surface area contributed by atoms with Crippen LogP contribution in [0.1, 0.15) is 5.56 Å². The zero-order valence-corrected chi connectivity index (χ0v) is 9.48. The molecule has 3 rings (SSSR count). The van der Waals surface area contributed by atoms with Crippen LogP contribution in [0, 0.1) is 11.3 Å². The molecule has 0 amide bonds. The summed E-state index contributed by atoms with van der Waals surface area (Å²) in [7, 11) is 0. The van der Waals surface area contributed by atoms with E-state index in [1.807, 2.05) is 23.6 Å². The van der Waals surface area contributed by atoms with Crippen molar-refractivity contribution in [2.24, 2.45) is 0 Å². The van der Waals surface area contributed by atoms with E-state index in [0.717, 1.165) is 10.1 Å². The molecule has 0 aliphatic rings. The fourth-order valence-electron chi connectivity index (χ4n) is 1.66. The summed E-state index contributed by atoms with van der Waals surface area (Å²) in [6.45, 7) is 0. The van der Waals surface area contributed by atoms with Gasteiger partial charge in [0.15, 0.2) is 5.82 Å². The average Bonchev–Trinajstić information content (AvgIpc) is 2.94. The Bertz CT molecular complexity index is 734. The summed E-state index contributed by atoms with van der Waals surface area (Å²) in [4.78, 5) is 4.28. The van der Waals surface area contributed by atoms with Gasteiger partial charge in [0.05, 0.1) is 6.20 Å². The SMILES string of the molecule is N#Cc1cnn(-c2nccc3sccc23)c1N. The Morgan fingerprint density at radius 2 is 2.29 bits per heavy atom. The molecule has 0 saturated carbocycles. The van der Waals surface area contributed by atoms with Crippen molar-refractivity contribution >= 4 is 27.2 Å². The highest BCUT2D eigenvalue weighted by atomic mass is 32.1. The quantitative estimate of drug-likeness (QED) is 0.706. The number of thiophene rings is 1. The van der Waals surface area contributed by atoms with E-state index in [0.29, 0.717) is 17.2 Å². The number of nitrogen functional groups attached to an aromatic ring is 1. The second kappa shape index (κ2) is 3.57. The highest BCUT2D eigenvalue weighted by molar-refractivity contribution is 7.17. The summed E-state index contributed by atoms with van der Waals surface area (Å²) in [6, 6.07) is 5.90. The lowest BCUT2D eigenvalue weighted by atomic mass is 10.3. The Hall–Kier alpha value is -2.39. The zero-order valence-electron chi connectivity index (χ0n) is 8.66. The minimum atomic E-state index is 0.318. The normalized spacial score (nSPS) is 10.5. The van der Waals surface area contributed by atoms with Crippen LogP contribution in [-0.4, -0.2) is 14.8 Å². The number of nitrogens with zero attached hydrogens (tertiary/aromatic N) is 4. The van der Waals surface area contributed by atoms with Crippen molar-refractivity contribution in [3.8, 4) is 11.9 Å². The number of hydrogen-bond donors (Lipinski definition) is 1. The third-order valence-corrected chi connectivity index (χ3v) is 3.37. The summed E-state index contributed by atoms with van der Waals surface area (Å²) < 4.78 is 2.61. The minimum absolute atomic E-state index is 0.318. The van der Waals surface area contributed by atoms with Crippen molar-refractivity contribution in [2.45, 2.75) is 0 Å². The predicted octanol–water partition coefficient (Wildman–Crippen LogP) is 1.94. The second-order valence-electron chi connectivity index (χ2n) is 3.43. The van der Waals surface area contributed by atoms with Gasteiger partial charge >= 0.3 is 0 Å². The van der Waals surface area contributed by atoms with Crippen LogP contribution in [-0.2, 0) is 0 Å². The van der Waals surface area contributed by atoms with E-state index in [2.05, 4.69) is 10.1 Å². The second-order valence-corrected chi connectivity index (χ2v) is 4.38. The van der Waals surface area contributed by atoms with Gasteiger partial charge < -0.3 is 5.73 Å². The van der Waals surface area contributed by atoms with Crippen molar-refractivity contribution in [2.75, 3.05) is 5.73 Å². The summed E-state index contributed by atoms with van der Waals surface area (Å²) in [6.07, 6.45) is 3.16. The predicted molar refractivity (Wildman–Crippen MR) is 65.9 cm³/mol. The molecular formula is C11H7N5S. The highest BCUT2D eigenvalue weighted by Crippen LogP contribution is 2.26. The summed E-state index contributed by atoms with van der Waals surface area (Å²) in [5.41, 5.74) is 6.21. The van der Waals surface area contributed by atoms with Gasteiger partial charge in [0, 0.05) is 16.3 Å². The molecular weight excluding hydrogens is 234 g/mol. The molecule has 3 aromatic rings. The number of nitriles is 1. The van der Waals surface area contributed by atoms with Crippen LogP contribution in [0.4, 0.5) is 5.82 Å². The summed E-state index contributed by atoms with van der Waals surface area (Å²) >= 11 is 1.63. The van der Waals surface area contributed by atoms with Gasteiger partial charge in [-0.25, -0.2) is 4.98 Å². The van der Waals surface area contributed by atoms with Crippen LogP contribution in [0.2, 0.25) is 0 Å². The molecule has 82 valence electrons. The Labute approximate surface area is 101 Å². The molecule has 3 heterocycles. The molecule has 0 saturated heterocycles. The number of aromatic nitrogens is 3. The lowest BCUT2D eigenvalue weighted by Gasteiger charge is -2.03. The molecule has 0 aliphatic heterocycles. The Kier molecular flexibility index (Phi) is 2.06. The maximum atomic E-state index is 8.85. The molecule has 0 spiro atoms. The van der Waals surface area contributed by atoms with E-state index >= 15 is 0 Å². The van der Waals surface area contributed by atoms with Gasteiger partial charge in [-0.3, -0.25) is 0 Å². The summed E-state index contributed by atoms with van der Waals surface area (Å²) in [5, 5.41) is 15.9. The first kappa shape index (κ1) is 9.81. The van der Waals surface area contributed by atoms with Crippen LogP contribution in [0.25, 0.3) is 15.9 Å². The van der Waals surface area contributed by atoms with E-state index in [1.165, 1.54) is 10.9 Å². The number of hydrogen-bond acceptors (Lipinski definition) is 5. The van der Waals surface area contributed by atoms with E-state index in [9.17, 15) is 0 Å². The molecule has 0 fully saturated rings. The van der Waals surface area contributed by atoms with E-state index in [-0.39, 0.29) is 0 Å². The minimum Gasteiger partial charge on any atom is -0.382 e. The number of fused-ring (bicyclic) bond motifs is 1. The number of pyridine rings is 1. The van der Waals surface area contributed by atoms with Crippen LogP contribution >= 0.6 is 11.3 Å². The molecule has 0 atom stereocenters. The van der Waals surface area contributed by atoms with Gasteiger partial charge in [0.1, 0.15) is 17.5 Å². The van der Waals surface area contributed by atoms with Crippen LogP contribution in [0.5, 0.6) is 0 Å². The van der Waals surface area contributed by atoms with Gasteiger partial charge in [-0.05, 0) is 17.5 Å². The number of anilines is 1. The third-order valence-electron chi connectivity index (χ3n) is 2.49. The molecule has 0 aromatic carbocycles. The van der Waals surface area contributed by atoms with Crippen molar-refractivity contribution < 1.29 is 0 Å². The average molecular weight is 241 g/mol. The molecule has 5 nitrogen and oxygen atoms in total. The topological polar surface area (TPSA) is 80.5 Å². The molecule has 0 aliphatic carbocycles. The standard InChI is InChI=1S/C11H7N5S/c12-5-7-6-15-16(10(7)13)11-8-2-4-17-9(8)1-3-14-11/h1-4,6H,13H2. The van der Waals surface area contributed by atoms with Gasteiger partial charge in [0.25, 0.3) is 0 Å². The summed E-state index contributed by atoms with van der Waals surface area (Å²) in [5.74, 6) is 0.974. The Morgan fingerprint density at radius 1 is 1.41 bits per heavy atom. The van der Waals surface area contributed by atoms with Gasteiger partial charge in [-0.2, -0.15) is 15.0 Å². The van der Waals surface area contributed by atoms with E-state index in [4.69, 9.17) is 11.0 Å². The first-order valence-corrected chi connectivity index (χ1v) is 5.75. The lowest BCUT2D eigenvalue weighted by Crippen LogP contribution is -2.04. The molecule has 2 N–H and O–H groups in total. The monoisotopic (exact) mass is 241 g/mol. The van der Waals surface area contributed by atoms with Crippen LogP contribution in [0.15, 0.2) is 29.9 Å². The first-order chi connectivity index (χ1) is 8.31. The van der Waals surface area contributed by atoms with E-state index in [1.54, 1.807) is 17.5 Å². The fraction of sp³-hybridized carbons (Fsp3) is 0. The Balaban J connectivity index is 2.31. The number of rotatable bonds is 1. The van der Waals surface area contributed by atoms with Crippen LogP contribution in [0.3, 0.4) is 0 Å². The molecule has 0 unspecified atom stereocenters. The number of nitrogens with two attached hydrogens (primary N) is 1.